The molecular weight excluding hydrogens is 326 g/mol. The molecule has 0 radical (unpaired) electrons. The monoisotopic (exact) mass is 343 g/mol. The Kier molecular flexibility index (Phi) is 6.18. The molecular formula is C14H17FN2O5P+. The molecule has 124 valence electrons. The minimum atomic E-state index is -2.74. The summed E-state index contributed by atoms with van der Waals surface area (Å²) in [7, 11) is -2.74. The molecule has 1 aromatic carbocycles. The van der Waals surface area contributed by atoms with E-state index in [9.17, 15) is 13.8 Å². The SMILES string of the molecule is NC/C(=C\F)COc1ccc2c(c1)CCN(CO[P+](=O)O)C2=O. The van der Waals surface area contributed by atoms with E-state index in [1.165, 1.54) is 4.90 Å². The lowest BCUT2D eigenvalue weighted by atomic mass is 9.99. The van der Waals surface area contributed by atoms with Gasteiger partial charge in [0.1, 0.15) is 12.4 Å². The number of nitrogens with two attached hydrogens (primary N) is 1. The van der Waals surface area contributed by atoms with Gasteiger partial charge in [0.15, 0.2) is 6.73 Å². The number of ether oxygens (including phenoxy) is 1. The summed E-state index contributed by atoms with van der Waals surface area (Å²) in [6, 6.07) is 4.95. The molecule has 1 aliphatic rings. The standard InChI is InChI=1S/C14H16FN2O5P/c15-6-10(7-16)8-21-12-1-2-13-11(5-12)3-4-17(14(13)18)9-22-23(19)20/h1-2,5-6H,3-4,7-9,16H2/p+1/b10-6+. The van der Waals surface area contributed by atoms with E-state index in [0.29, 0.717) is 36.2 Å². The Morgan fingerprint density at radius 2 is 2.30 bits per heavy atom. The van der Waals surface area contributed by atoms with Gasteiger partial charge in [0, 0.05) is 28.8 Å². The van der Waals surface area contributed by atoms with Gasteiger partial charge in [0.25, 0.3) is 5.91 Å². The van der Waals surface area contributed by atoms with E-state index in [-0.39, 0.29) is 25.8 Å². The molecule has 0 bridgehead atoms. The van der Waals surface area contributed by atoms with Crippen molar-refractivity contribution in [3.05, 3.63) is 41.2 Å². The van der Waals surface area contributed by atoms with Crippen LogP contribution in [0.1, 0.15) is 15.9 Å². The van der Waals surface area contributed by atoms with Crippen molar-refractivity contribution in [1.29, 1.82) is 0 Å². The summed E-state index contributed by atoms with van der Waals surface area (Å²) in [4.78, 5) is 22.2. The first-order valence-electron chi connectivity index (χ1n) is 6.87. The van der Waals surface area contributed by atoms with Crippen LogP contribution in [0.3, 0.4) is 0 Å². The Balaban J connectivity index is 2.05. The summed E-state index contributed by atoms with van der Waals surface area (Å²) in [6.07, 6.45) is 0.984. The van der Waals surface area contributed by atoms with Crippen molar-refractivity contribution in [2.75, 3.05) is 26.4 Å². The first-order chi connectivity index (χ1) is 11.0. The molecule has 0 saturated heterocycles. The summed E-state index contributed by atoms with van der Waals surface area (Å²) >= 11 is 0. The molecule has 1 atom stereocenters. The van der Waals surface area contributed by atoms with Crippen molar-refractivity contribution < 1.29 is 27.9 Å². The topological polar surface area (TPSA) is 102 Å². The second kappa shape index (κ2) is 8.12. The molecule has 1 heterocycles. The molecule has 9 heteroatoms. The predicted octanol–water partition coefficient (Wildman–Crippen LogP) is 1.50. The van der Waals surface area contributed by atoms with Gasteiger partial charge in [-0.25, -0.2) is 4.39 Å². The molecule has 1 aromatic rings. The van der Waals surface area contributed by atoms with Crippen LogP contribution in [0.5, 0.6) is 5.75 Å². The average molecular weight is 343 g/mol. The van der Waals surface area contributed by atoms with E-state index in [0.717, 1.165) is 5.56 Å². The normalized spacial score (nSPS) is 15.4. The largest absolute Gasteiger partial charge is 0.696 e. The van der Waals surface area contributed by atoms with Crippen LogP contribution < -0.4 is 10.5 Å². The van der Waals surface area contributed by atoms with E-state index < -0.39 is 8.25 Å². The van der Waals surface area contributed by atoms with E-state index in [2.05, 4.69) is 4.52 Å². The third-order valence-electron chi connectivity index (χ3n) is 3.41. The van der Waals surface area contributed by atoms with Gasteiger partial charge in [0.2, 0.25) is 0 Å². The van der Waals surface area contributed by atoms with Gasteiger partial charge in [-0.05, 0) is 30.2 Å². The van der Waals surface area contributed by atoms with Crippen molar-refractivity contribution in [2.45, 2.75) is 6.42 Å². The number of hydrogen-bond donors (Lipinski definition) is 2. The lowest BCUT2D eigenvalue weighted by molar-refractivity contribution is 0.0575. The Morgan fingerprint density at radius 1 is 1.52 bits per heavy atom. The maximum Gasteiger partial charge on any atom is 0.696 e. The van der Waals surface area contributed by atoms with Crippen LogP contribution in [-0.4, -0.2) is 42.1 Å². The number of nitrogens with zero attached hydrogens (tertiary/aromatic N) is 1. The van der Waals surface area contributed by atoms with Crippen molar-refractivity contribution in [1.82, 2.24) is 4.90 Å². The van der Waals surface area contributed by atoms with E-state index >= 15 is 0 Å². The molecule has 0 aromatic heterocycles. The average Bonchev–Trinajstić information content (AvgIpc) is 2.55. The Hall–Kier alpha value is -1.86. The number of halogens is 1. The first kappa shape index (κ1) is 17.5. The van der Waals surface area contributed by atoms with E-state index in [4.69, 9.17) is 15.4 Å². The minimum Gasteiger partial charge on any atom is -0.489 e. The van der Waals surface area contributed by atoms with Gasteiger partial charge in [0.05, 0.1) is 6.33 Å². The van der Waals surface area contributed by atoms with Crippen molar-refractivity contribution in [2.24, 2.45) is 5.73 Å². The highest BCUT2D eigenvalue weighted by Gasteiger charge is 2.27. The zero-order chi connectivity index (χ0) is 16.8. The zero-order valence-corrected chi connectivity index (χ0v) is 13.2. The van der Waals surface area contributed by atoms with Gasteiger partial charge in [-0.3, -0.25) is 4.79 Å². The Bertz CT molecular complexity index is 638. The van der Waals surface area contributed by atoms with Gasteiger partial charge in [-0.1, -0.05) is 4.52 Å². The number of benzene rings is 1. The molecule has 3 N–H and O–H groups in total. The van der Waals surface area contributed by atoms with Gasteiger partial charge in [-0.15, -0.1) is 4.89 Å². The Labute approximate surface area is 133 Å². The van der Waals surface area contributed by atoms with Crippen LogP contribution >= 0.6 is 8.25 Å². The summed E-state index contributed by atoms with van der Waals surface area (Å²) < 4.78 is 33.0. The van der Waals surface area contributed by atoms with E-state index in [1.807, 2.05) is 0 Å². The molecule has 1 aliphatic heterocycles. The summed E-state index contributed by atoms with van der Waals surface area (Å²) in [5, 5.41) is 0. The number of carbonyl (C=O) groups excluding carboxylic acids is 1. The molecule has 2 rings (SSSR count). The second-order valence-corrected chi connectivity index (χ2v) is 5.63. The van der Waals surface area contributed by atoms with Gasteiger partial charge in [-0.2, -0.15) is 0 Å². The van der Waals surface area contributed by atoms with Crippen LogP contribution in [0.2, 0.25) is 0 Å². The fraction of sp³-hybridized carbons (Fsp3) is 0.357. The van der Waals surface area contributed by atoms with Crippen LogP contribution in [0.25, 0.3) is 0 Å². The van der Waals surface area contributed by atoms with Crippen molar-refractivity contribution in [3.63, 3.8) is 0 Å². The summed E-state index contributed by atoms with van der Waals surface area (Å²) in [5.41, 5.74) is 6.97. The number of amides is 1. The highest BCUT2D eigenvalue weighted by molar-refractivity contribution is 7.32. The van der Waals surface area contributed by atoms with Crippen molar-refractivity contribution >= 4 is 14.2 Å². The van der Waals surface area contributed by atoms with Crippen LogP contribution in [0.15, 0.2) is 30.1 Å². The molecule has 1 amide bonds. The van der Waals surface area contributed by atoms with Crippen LogP contribution in [0.4, 0.5) is 4.39 Å². The molecule has 23 heavy (non-hydrogen) atoms. The summed E-state index contributed by atoms with van der Waals surface area (Å²) in [5.74, 6) is 0.244. The molecule has 7 nitrogen and oxygen atoms in total. The van der Waals surface area contributed by atoms with Crippen molar-refractivity contribution in [3.8, 4) is 5.75 Å². The maximum absolute atomic E-state index is 12.4. The Morgan fingerprint density at radius 3 is 2.96 bits per heavy atom. The van der Waals surface area contributed by atoms with Gasteiger partial charge >= 0.3 is 8.25 Å². The molecule has 0 saturated carbocycles. The zero-order valence-electron chi connectivity index (χ0n) is 12.3. The second-order valence-electron chi connectivity index (χ2n) is 4.89. The van der Waals surface area contributed by atoms with E-state index in [1.54, 1.807) is 18.2 Å². The minimum absolute atomic E-state index is 0.0449. The predicted molar refractivity (Wildman–Crippen MR) is 80.7 cm³/mol. The van der Waals surface area contributed by atoms with Crippen LogP contribution in [-0.2, 0) is 15.5 Å². The molecule has 1 unspecified atom stereocenters. The smallest absolute Gasteiger partial charge is 0.489 e. The number of fused-ring (bicyclic) bond motifs is 1. The quantitative estimate of drug-likeness (QED) is 0.728. The molecule has 0 aliphatic carbocycles. The third-order valence-corrected chi connectivity index (χ3v) is 3.75. The number of carbonyl (C=O) groups is 1. The molecule has 0 fully saturated rings. The highest BCUT2D eigenvalue weighted by Crippen LogP contribution is 2.25. The summed E-state index contributed by atoms with van der Waals surface area (Å²) in [6.45, 7) is 0.255. The third kappa shape index (κ3) is 4.56. The first-order valence-corrected chi connectivity index (χ1v) is 8.00. The number of hydrogen-bond acceptors (Lipinski definition) is 5. The lowest BCUT2D eigenvalue weighted by Crippen LogP contribution is -2.38. The number of rotatable bonds is 7. The highest BCUT2D eigenvalue weighted by atomic mass is 31.1. The molecule has 0 spiro atoms. The van der Waals surface area contributed by atoms with Crippen LogP contribution in [0, 0.1) is 0 Å². The maximum atomic E-state index is 12.4. The van der Waals surface area contributed by atoms with Gasteiger partial charge < -0.3 is 15.4 Å². The fourth-order valence-electron chi connectivity index (χ4n) is 2.16. The lowest BCUT2D eigenvalue weighted by Gasteiger charge is -2.26. The fourth-order valence-corrected chi connectivity index (χ4v) is 2.39.